The van der Waals surface area contributed by atoms with Crippen LogP contribution < -0.4 is 5.32 Å². The first-order valence-corrected chi connectivity index (χ1v) is 9.56. The number of amides is 1. The minimum Gasteiger partial charge on any atom is -0.451 e. The lowest BCUT2D eigenvalue weighted by atomic mass is 9.97. The largest absolute Gasteiger partial charge is 0.451 e. The average molecular weight is 374 g/mol. The van der Waals surface area contributed by atoms with Gasteiger partial charge in [-0.05, 0) is 32.1 Å². The van der Waals surface area contributed by atoms with Crippen LogP contribution in [0.25, 0.3) is 10.6 Å². The summed E-state index contributed by atoms with van der Waals surface area (Å²) in [4.78, 5) is 28.1. The summed E-state index contributed by atoms with van der Waals surface area (Å²) in [5, 5.41) is 9.18. The number of carbonyl (C=O) groups excluding carboxylic acids is 2. The van der Waals surface area contributed by atoms with Crippen LogP contribution in [0.3, 0.4) is 0 Å². The number of esters is 1. The monoisotopic (exact) mass is 374 g/mol. The van der Waals surface area contributed by atoms with Gasteiger partial charge in [0.2, 0.25) is 0 Å². The Morgan fingerprint density at radius 1 is 1.38 bits per heavy atom. The summed E-state index contributed by atoms with van der Waals surface area (Å²) < 4.78 is 6.71. The van der Waals surface area contributed by atoms with Crippen LogP contribution in [0.4, 0.5) is 0 Å². The number of ether oxygens (including phenoxy) is 1. The minimum absolute atomic E-state index is 0.203. The van der Waals surface area contributed by atoms with Crippen molar-refractivity contribution in [1.82, 2.24) is 20.1 Å². The van der Waals surface area contributed by atoms with Crippen LogP contribution in [-0.2, 0) is 16.6 Å². The molecule has 0 radical (unpaired) electrons. The molecule has 1 amide bonds. The quantitative estimate of drug-likeness (QED) is 0.595. The van der Waals surface area contributed by atoms with E-state index in [4.69, 9.17) is 4.74 Å². The van der Waals surface area contributed by atoms with Crippen LogP contribution in [-0.4, -0.2) is 39.8 Å². The van der Waals surface area contributed by atoms with Crippen molar-refractivity contribution in [3.8, 4) is 10.6 Å². The standard InChI is InChI=1S/C18H22N4O3S/c1-22-10-14(9-20-22)17-21-15(12-26-17)18(24)25-11-16(23)19-8-7-13-5-3-2-4-6-13/h5,9-10,12H,2-4,6-8,11H2,1H3,(H,19,23). The fourth-order valence-electron chi connectivity index (χ4n) is 2.78. The second-order valence-corrected chi connectivity index (χ2v) is 7.08. The van der Waals surface area contributed by atoms with Gasteiger partial charge >= 0.3 is 5.97 Å². The van der Waals surface area contributed by atoms with Gasteiger partial charge in [0.05, 0.1) is 6.20 Å². The van der Waals surface area contributed by atoms with E-state index in [0.717, 1.165) is 24.8 Å². The van der Waals surface area contributed by atoms with Gasteiger partial charge in [0.25, 0.3) is 5.91 Å². The number of carbonyl (C=O) groups is 2. The number of rotatable bonds is 7. The summed E-state index contributed by atoms with van der Waals surface area (Å²) in [6, 6.07) is 0. The Bertz CT molecular complexity index is 809. The summed E-state index contributed by atoms with van der Waals surface area (Å²) in [5.41, 5.74) is 2.44. The third kappa shape index (κ3) is 5.01. The third-order valence-electron chi connectivity index (χ3n) is 4.15. The highest BCUT2D eigenvalue weighted by Gasteiger charge is 2.15. The Balaban J connectivity index is 1.41. The molecule has 0 saturated carbocycles. The zero-order valence-electron chi connectivity index (χ0n) is 14.7. The molecule has 1 N–H and O–H groups in total. The molecule has 0 aromatic carbocycles. The van der Waals surface area contributed by atoms with Crippen LogP contribution in [0.5, 0.6) is 0 Å². The molecule has 0 fully saturated rings. The van der Waals surface area contributed by atoms with Crippen molar-refractivity contribution >= 4 is 23.2 Å². The van der Waals surface area contributed by atoms with E-state index in [-0.39, 0.29) is 18.2 Å². The molecule has 2 aromatic rings. The van der Waals surface area contributed by atoms with Gasteiger partial charge in [-0.15, -0.1) is 11.3 Å². The second-order valence-electron chi connectivity index (χ2n) is 6.22. The minimum atomic E-state index is -0.596. The maximum atomic E-state index is 12.0. The van der Waals surface area contributed by atoms with Crippen LogP contribution in [0, 0.1) is 0 Å². The number of nitrogens with one attached hydrogen (secondary N) is 1. The van der Waals surface area contributed by atoms with E-state index in [0.29, 0.717) is 11.6 Å². The topological polar surface area (TPSA) is 86.1 Å². The van der Waals surface area contributed by atoms with Crippen LogP contribution in [0.1, 0.15) is 42.6 Å². The van der Waals surface area contributed by atoms with E-state index in [2.05, 4.69) is 21.5 Å². The van der Waals surface area contributed by atoms with Crippen molar-refractivity contribution in [1.29, 1.82) is 0 Å². The van der Waals surface area contributed by atoms with Crippen molar-refractivity contribution in [2.24, 2.45) is 7.05 Å². The Labute approximate surface area is 156 Å². The zero-order valence-corrected chi connectivity index (χ0v) is 15.6. The number of hydrogen-bond donors (Lipinski definition) is 1. The summed E-state index contributed by atoms with van der Waals surface area (Å²) in [6.45, 7) is 0.279. The first-order chi connectivity index (χ1) is 12.6. The van der Waals surface area contributed by atoms with E-state index < -0.39 is 5.97 Å². The molecule has 0 aliphatic heterocycles. The zero-order chi connectivity index (χ0) is 18.4. The van der Waals surface area contributed by atoms with Gasteiger partial charge in [0, 0.05) is 30.7 Å². The maximum absolute atomic E-state index is 12.0. The van der Waals surface area contributed by atoms with Crippen LogP contribution >= 0.6 is 11.3 Å². The number of thiazole rings is 1. The van der Waals surface area contributed by atoms with E-state index in [1.54, 1.807) is 16.3 Å². The Kier molecular flexibility index (Phi) is 6.17. The second kappa shape index (κ2) is 8.75. The molecule has 1 aliphatic rings. The van der Waals surface area contributed by atoms with Crippen molar-refractivity contribution < 1.29 is 14.3 Å². The smallest absolute Gasteiger partial charge is 0.358 e. The van der Waals surface area contributed by atoms with E-state index in [9.17, 15) is 9.59 Å². The number of aryl methyl sites for hydroxylation is 1. The molecule has 0 saturated heterocycles. The number of allylic oxidation sites excluding steroid dienone is 1. The number of nitrogens with zero attached hydrogens (tertiary/aromatic N) is 3. The molecular formula is C18H22N4O3S. The highest BCUT2D eigenvalue weighted by Crippen LogP contribution is 2.23. The maximum Gasteiger partial charge on any atom is 0.358 e. The molecule has 3 rings (SSSR count). The first-order valence-electron chi connectivity index (χ1n) is 8.68. The molecule has 0 unspecified atom stereocenters. The molecule has 26 heavy (non-hydrogen) atoms. The lowest BCUT2D eigenvalue weighted by Gasteiger charge is -2.12. The molecule has 0 bridgehead atoms. The fourth-order valence-corrected chi connectivity index (χ4v) is 3.55. The van der Waals surface area contributed by atoms with E-state index in [1.165, 1.54) is 29.8 Å². The molecule has 138 valence electrons. The predicted octanol–water partition coefficient (Wildman–Crippen LogP) is 2.71. The Morgan fingerprint density at radius 3 is 3.00 bits per heavy atom. The third-order valence-corrected chi connectivity index (χ3v) is 5.04. The predicted molar refractivity (Wildman–Crippen MR) is 98.8 cm³/mol. The van der Waals surface area contributed by atoms with Gasteiger partial charge < -0.3 is 10.1 Å². The van der Waals surface area contributed by atoms with Crippen LogP contribution in [0.2, 0.25) is 0 Å². The van der Waals surface area contributed by atoms with Crippen molar-refractivity contribution in [2.45, 2.75) is 32.1 Å². The molecule has 2 aromatic heterocycles. The number of hydrogen-bond acceptors (Lipinski definition) is 6. The van der Waals surface area contributed by atoms with Crippen molar-refractivity contribution in [2.75, 3.05) is 13.2 Å². The lowest BCUT2D eigenvalue weighted by Crippen LogP contribution is -2.30. The van der Waals surface area contributed by atoms with Crippen molar-refractivity contribution in [3.05, 3.63) is 35.1 Å². The van der Waals surface area contributed by atoms with Crippen molar-refractivity contribution in [3.63, 3.8) is 0 Å². The van der Waals surface area contributed by atoms with E-state index in [1.807, 2.05) is 13.2 Å². The Morgan fingerprint density at radius 2 is 2.27 bits per heavy atom. The highest BCUT2D eigenvalue weighted by atomic mass is 32.1. The van der Waals surface area contributed by atoms with Crippen LogP contribution in [0.15, 0.2) is 29.4 Å². The molecule has 8 heteroatoms. The summed E-state index contributed by atoms with van der Waals surface area (Å²) >= 11 is 1.34. The van der Waals surface area contributed by atoms with Gasteiger partial charge in [-0.1, -0.05) is 11.6 Å². The molecule has 0 atom stereocenters. The molecule has 2 heterocycles. The lowest BCUT2D eigenvalue weighted by molar-refractivity contribution is -0.124. The number of aromatic nitrogens is 3. The molecule has 1 aliphatic carbocycles. The first kappa shape index (κ1) is 18.3. The highest BCUT2D eigenvalue weighted by molar-refractivity contribution is 7.13. The SMILES string of the molecule is Cn1cc(-c2nc(C(=O)OCC(=O)NCCC3=CCCCC3)cs2)cn1. The van der Waals surface area contributed by atoms with E-state index >= 15 is 0 Å². The Hall–Kier alpha value is -2.48. The summed E-state index contributed by atoms with van der Waals surface area (Å²) in [5.74, 6) is -0.890. The summed E-state index contributed by atoms with van der Waals surface area (Å²) in [6.07, 6.45) is 11.4. The van der Waals surface area contributed by atoms with Gasteiger partial charge in [0.1, 0.15) is 5.01 Å². The average Bonchev–Trinajstić information content (AvgIpc) is 3.29. The fraction of sp³-hybridized carbons (Fsp3) is 0.444. The van der Waals surface area contributed by atoms with Gasteiger partial charge in [-0.25, -0.2) is 9.78 Å². The van der Waals surface area contributed by atoms with Gasteiger partial charge in [-0.3, -0.25) is 9.48 Å². The van der Waals surface area contributed by atoms with Gasteiger partial charge in [0.15, 0.2) is 12.3 Å². The summed E-state index contributed by atoms with van der Waals surface area (Å²) in [7, 11) is 1.82. The molecule has 0 spiro atoms. The normalized spacial score (nSPS) is 14.0. The van der Waals surface area contributed by atoms with Gasteiger partial charge in [-0.2, -0.15) is 5.10 Å². The molecule has 7 nitrogen and oxygen atoms in total. The molecular weight excluding hydrogens is 352 g/mol.